The summed E-state index contributed by atoms with van der Waals surface area (Å²) in [4.78, 5) is 11.1. The number of hydrogen-bond acceptors (Lipinski definition) is 3. The Balaban J connectivity index is 1.85. The van der Waals surface area contributed by atoms with Gasteiger partial charge in [-0.1, -0.05) is 30.3 Å². The first-order valence-corrected chi connectivity index (χ1v) is 6.25. The number of ether oxygens (including phenoxy) is 2. The molecule has 0 aromatic heterocycles. The van der Waals surface area contributed by atoms with Gasteiger partial charge in [0, 0.05) is 13.0 Å². The van der Waals surface area contributed by atoms with Crippen molar-refractivity contribution in [2.45, 2.75) is 31.5 Å². The molecule has 4 heteroatoms. The number of rotatable bonds is 6. The molecule has 1 aromatic carbocycles. The smallest absolute Gasteiger partial charge is 0.333 e. The second-order valence-corrected chi connectivity index (χ2v) is 4.48. The van der Waals surface area contributed by atoms with Crippen LogP contribution in [-0.4, -0.2) is 36.5 Å². The minimum atomic E-state index is -0.920. The third-order valence-corrected chi connectivity index (χ3v) is 3.05. The van der Waals surface area contributed by atoms with E-state index in [1.54, 1.807) is 0 Å². The first kappa shape index (κ1) is 13.1. The average Bonchev–Trinajstić information content (AvgIpc) is 2.88. The largest absolute Gasteiger partial charge is 0.479 e. The van der Waals surface area contributed by atoms with Crippen LogP contribution < -0.4 is 0 Å². The van der Waals surface area contributed by atoms with E-state index in [9.17, 15) is 4.79 Å². The number of carbonyl (C=O) groups is 1. The lowest BCUT2D eigenvalue weighted by atomic mass is 10.1. The van der Waals surface area contributed by atoms with Crippen molar-refractivity contribution in [3.63, 3.8) is 0 Å². The predicted molar refractivity (Wildman–Crippen MR) is 66.5 cm³/mol. The number of benzene rings is 1. The van der Waals surface area contributed by atoms with Gasteiger partial charge in [-0.2, -0.15) is 0 Å². The van der Waals surface area contributed by atoms with Crippen molar-refractivity contribution in [3.8, 4) is 0 Å². The number of aliphatic carboxylic acids is 1. The molecule has 2 rings (SSSR count). The van der Waals surface area contributed by atoms with Gasteiger partial charge in [-0.15, -0.1) is 0 Å². The summed E-state index contributed by atoms with van der Waals surface area (Å²) in [5.41, 5.74) is 0.970. The fourth-order valence-electron chi connectivity index (χ4n) is 2.04. The van der Waals surface area contributed by atoms with Crippen LogP contribution in [-0.2, 0) is 20.7 Å². The average molecular weight is 250 g/mol. The van der Waals surface area contributed by atoms with Crippen LogP contribution in [0, 0.1) is 0 Å². The van der Waals surface area contributed by atoms with E-state index in [1.807, 2.05) is 30.3 Å². The Labute approximate surface area is 107 Å². The lowest BCUT2D eigenvalue weighted by Gasteiger charge is -2.16. The Kier molecular flexibility index (Phi) is 4.73. The zero-order valence-electron chi connectivity index (χ0n) is 10.2. The number of hydrogen-bond donors (Lipinski definition) is 1. The van der Waals surface area contributed by atoms with Gasteiger partial charge in [0.05, 0.1) is 12.7 Å². The number of carboxylic acid groups (broad SMARTS) is 1. The first-order valence-electron chi connectivity index (χ1n) is 6.25. The molecule has 0 spiro atoms. The Morgan fingerprint density at radius 3 is 2.83 bits per heavy atom. The van der Waals surface area contributed by atoms with Crippen molar-refractivity contribution in [2.75, 3.05) is 13.2 Å². The monoisotopic (exact) mass is 250 g/mol. The van der Waals surface area contributed by atoms with Crippen molar-refractivity contribution in [3.05, 3.63) is 35.9 Å². The zero-order chi connectivity index (χ0) is 12.8. The highest BCUT2D eigenvalue weighted by Gasteiger charge is 2.22. The van der Waals surface area contributed by atoms with Crippen LogP contribution >= 0.6 is 0 Å². The summed E-state index contributed by atoms with van der Waals surface area (Å²) in [7, 11) is 0. The third-order valence-electron chi connectivity index (χ3n) is 3.05. The molecule has 1 aliphatic heterocycles. The molecule has 0 amide bonds. The second kappa shape index (κ2) is 6.52. The van der Waals surface area contributed by atoms with Crippen LogP contribution in [0.4, 0.5) is 0 Å². The van der Waals surface area contributed by atoms with Gasteiger partial charge < -0.3 is 14.6 Å². The van der Waals surface area contributed by atoms with Gasteiger partial charge >= 0.3 is 5.97 Å². The molecule has 0 bridgehead atoms. The van der Waals surface area contributed by atoms with Crippen molar-refractivity contribution < 1.29 is 19.4 Å². The summed E-state index contributed by atoms with van der Waals surface area (Å²) in [6, 6.07) is 9.52. The fourth-order valence-corrected chi connectivity index (χ4v) is 2.04. The minimum absolute atomic E-state index is 0.0580. The van der Waals surface area contributed by atoms with E-state index < -0.39 is 12.1 Å². The molecule has 2 atom stereocenters. The maximum absolute atomic E-state index is 11.1. The van der Waals surface area contributed by atoms with E-state index in [-0.39, 0.29) is 6.10 Å². The normalized spacial score (nSPS) is 20.8. The van der Waals surface area contributed by atoms with Crippen molar-refractivity contribution in [2.24, 2.45) is 0 Å². The Bertz CT molecular complexity index is 371. The summed E-state index contributed by atoms with van der Waals surface area (Å²) in [6.45, 7) is 1.12. The lowest BCUT2D eigenvalue weighted by Crippen LogP contribution is -2.30. The Morgan fingerprint density at radius 1 is 1.44 bits per heavy atom. The van der Waals surface area contributed by atoms with Crippen molar-refractivity contribution in [1.82, 2.24) is 0 Å². The van der Waals surface area contributed by atoms with E-state index in [4.69, 9.17) is 14.6 Å². The van der Waals surface area contributed by atoms with E-state index >= 15 is 0 Å². The first-order chi connectivity index (χ1) is 8.75. The van der Waals surface area contributed by atoms with Crippen LogP contribution in [0.15, 0.2) is 30.3 Å². The lowest BCUT2D eigenvalue weighted by molar-refractivity contribution is -0.152. The van der Waals surface area contributed by atoms with Gasteiger partial charge in [0.1, 0.15) is 0 Å². The molecule has 1 aromatic rings. The van der Waals surface area contributed by atoms with Crippen LogP contribution in [0.25, 0.3) is 0 Å². The zero-order valence-corrected chi connectivity index (χ0v) is 10.2. The van der Waals surface area contributed by atoms with Crippen LogP contribution in [0.2, 0.25) is 0 Å². The van der Waals surface area contributed by atoms with Gasteiger partial charge in [0.2, 0.25) is 0 Å². The van der Waals surface area contributed by atoms with Gasteiger partial charge in [0.15, 0.2) is 6.10 Å². The van der Waals surface area contributed by atoms with E-state index in [0.29, 0.717) is 13.0 Å². The molecule has 1 saturated heterocycles. The Morgan fingerprint density at radius 2 is 2.22 bits per heavy atom. The van der Waals surface area contributed by atoms with E-state index in [1.165, 1.54) is 0 Å². The fraction of sp³-hybridized carbons (Fsp3) is 0.500. The van der Waals surface area contributed by atoms with E-state index in [2.05, 4.69) is 0 Å². The predicted octanol–water partition coefficient (Wildman–Crippen LogP) is 1.88. The molecule has 1 fully saturated rings. The summed E-state index contributed by atoms with van der Waals surface area (Å²) >= 11 is 0. The summed E-state index contributed by atoms with van der Waals surface area (Å²) < 4.78 is 10.9. The maximum atomic E-state index is 11.1. The Hall–Kier alpha value is -1.39. The minimum Gasteiger partial charge on any atom is -0.479 e. The molecular formula is C14H18O4. The standard InChI is InChI=1S/C14H18O4/c15-14(16)13(9-11-5-2-1-3-6-11)18-10-12-7-4-8-17-12/h1-3,5-6,12-13H,4,7-10H2,(H,15,16). The molecular weight excluding hydrogens is 232 g/mol. The van der Waals surface area contributed by atoms with Gasteiger partial charge in [-0.25, -0.2) is 4.79 Å². The second-order valence-electron chi connectivity index (χ2n) is 4.48. The molecule has 1 aliphatic rings. The van der Waals surface area contributed by atoms with E-state index in [0.717, 1.165) is 25.0 Å². The van der Waals surface area contributed by atoms with Gasteiger partial charge in [-0.3, -0.25) is 0 Å². The van der Waals surface area contributed by atoms with Gasteiger partial charge in [0.25, 0.3) is 0 Å². The molecule has 98 valence electrons. The summed E-state index contributed by atoms with van der Waals surface area (Å²) in [6.07, 6.45) is 1.64. The topological polar surface area (TPSA) is 55.8 Å². The van der Waals surface area contributed by atoms with Crippen molar-refractivity contribution in [1.29, 1.82) is 0 Å². The molecule has 18 heavy (non-hydrogen) atoms. The molecule has 1 heterocycles. The highest BCUT2D eigenvalue weighted by molar-refractivity contribution is 5.72. The molecule has 0 radical (unpaired) electrons. The molecule has 0 saturated carbocycles. The van der Waals surface area contributed by atoms with Gasteiger partial charge in [-0.05, 0) is 18.4 Å². The quantitative estimate of drug-likeness (QED) is 0.837. The highest BCUT2D eigenvalue weighted by atomic mass is 16.6. The molecule has 0 aliphatic carbocycles. The van der Waals surface area contributed by atoms with Crippen LogP contribution in [0.1, 0.15) is 18.4 Å². The van der Waals surface area contributed by atoms with Crippen LogP contribution in [0.5, 0.6) is 0 Å². The third kappa shape index (κ3) is 3.82. The molecule has 1 N–H and O–H groups in total. The number of carboxylic acids is 1. The molecule has 2 unspecified atom stereocenters. The summed E-state index contributed by atoms with van der Waals surface area (Å²) in [5, 5.41) is 9.14. The van der Waals surface area contributed by atoms with Crippen molar-refractivity contribution >= 4 is 5.97 Å². The maximum Gasteiger partial charge on any atom is 0.333 e. The van der Waals surface area contributed by atoms with Crippen LogP contribution in [0.3, 0.4) is 0 Å². The molecule has 4 nitrogen and oxygen atoms in total. The summed E-state index contributed by atoms with van der Waals surface area (Å²) in [5.74, 6) is -0.920. The SMILES string of the molecule is O=C(O)C(Cc1ccccc1)OCC1CCCO1. The highest BCUT2D eigenvalue weighted by Crippen LogP contribution is 2.14.